The predicted molar refractivity (Wildman–Crippen MR) is 115 cm³/mol. The summed E-state index contributed by atoms with van der Waals surface area (Å²) in [6.45, 7) is 5.86. The number of carbonyl (C=O) groups excluding carboxylic acids is 1. The summed E-state index contributed by atoms with van der Waals surface area (Å²) in [4.78, 5) is 21.9. The lowest BCUT2D eigenvalue weighted by atomic mass is 10.2. The van der Waals surface area contributed by atoms with Gasteiger partial charge in [0, 0.05) is 24.4 Å². The van der Waals surface area contributed by atoms with Crippen LogP contribution in [0.3, 0.4) is 0 Å². The van der Waals surface area contributed by atoms with Crippen molar-refractivity contribution in [1.29, 1.82) is 5.26 Å². The lowest BCUT2D eigenvalue weighted by molar-refractivity contribution is 0.0266. The zero-order valence-electron chi connectivity index (χ0n) is 17.0. The molecule has 0 aliphatic heterocycles. The van der Waals surface area contributed by atoms with Gasteiger partial charge in [-0.2, -0.15) is 5.26 Å². The second kappa shape index (κ2) is 11.2. The van der Waals surface area contributed by atoms with Gasteiger partial charge in [-0.3, -0.25) is 14.6 Å². The number of fused-ring (bicyclic) bond motifs is 1. The van der Waals surface area contributed by atoms with Crippen LogP contribution in [0.2, 0.25) is 0 Å². The minimum Gasteiger partial charge on any atom is -0.396 e. The molecule has 1 aromatic carbocycles. The van der Waals surface area contributed by atoms with Crippen LogP contribution >= 0.6 is 11.3 Å². The fourth-order valence-electron chi connectivity index (χ4n) is 2.53. The molecule has 30 heavy (non-hydrogen) atoms. The van der Waals surface area contributed by atoms with Gasteiger partial charge in [0.2, 0.25) is 0 Å². The summed E-state index contributed by atoms with van der Waals surface area (Å²) in [6, 6.07) is 6.76. The Labute approximate surface area is 178 Å². The number of aliphatic hydroxyl groups is 1. The van der Waals surface area contributed by atoms with Crippen molar-refractivity contribution < 1.29 is 19.1 Å². The van der Waals surface area contributed by atoms with Crippen LogP contribution < -0.4 is 10.8 Å². The van der Waals surface area contributed by atoms with Gasteiger partial charge >= 0.3 is 0 Å². The molecule has 0 bridgehead atoms. The monoisotopic (exact) mass is 430 g/mol. The second-order valence-corrected chi connectivity index (χ2v) is 6.97. The molecular weight excluding hydrogens is 407 g/mol. The molecule has 0 saturated heterocycles. The first-order valence-electron chi connectivity index (χ1n) is 9.42. The molecular formula is C21H23FN4O3S. The highest BCUT2D eigenvalue weighted by Crippen LogP contribution is 2.39. The standard InChI is InChI=1S/C19H17FN4O3S.C2H6/c1-11-3-4-15(14(20)7-11)23-16-13-10-22-9-12(8-21)17(13)28-18(16)19(26)24-27-6-2-5-25;1-2/h3-4,7,9-10,23,25H,2,5-6H2,1H3,(H,24,26);1-2H3. The molecule has 3 N–H and O–H groups in total. The third-order valence-corrected chi connectivity index (χ3v) is 5.11. The zero-order chi connectivity index (χ0) is 22.1. The first-order chi connectivity index (χ1) is 14.5. The largest absolute Gasteiger partial charge is 0.396 e. The number of nitrogens with one attached hydrogen (secondary N) is 2. The number of pyridine rings is 1. The smallest absolute Gasteiger partial charge is 0.287 e. The Balaban J connectivity index is 0.00000155. The highest BCUT2D eigenvalue weighted by molar-refractivity contribution is 7.21. The molecule has 3 aromatic rings. The molecule has 9 heteroatoms. The number of thiophene rings is 1. The summed E-state index contributed by atoms with van der Waals surface area (Å²) < 4.78 is 14.9. The number of hydroxylamine groups is 1. The molecule has 0 fully saturated rings. The van der Waals surface area contributed by atoms with E-state index < -0.39 is 11.7 Å². The van der Waals surface area contributed by atoms with E-state index in [4.69, 9.17) is 9.94 Å². The summed E-state index contributed by atoms with van der Waals surface area (Å²) in [5, 5.41) is 21.6. The van der Waals surface area contributed by atoms with E-state index in [1.165, 1.54) is 18.5 Å². The average molecular weight is 431 g/mol. The normalized spacial score (nSPS) is 10.1. The number of hydrogen-bond donors (Lipinski definition) is 3. The molecule has 0 unspecified atom stereocenters. The van der Waals surface area contributed by atoms with Crippen molar-refractivity contribution in [3.63, 3.8) is 0 Å². The van der Waals surface area contributed by atoms with Gasteiger partial charge in [0.1, 0.15) is 16.8 Å². The molecule has 2 heterocycles. The van der Waals surface area contributed by atoms with Crippen molar-refractivity contribution in [3.05, 3.63) is 52.4 Å². The minimum atomic E-state index is -0.543. The molecule has 0 aliphatic carbocycles. The number of anilines is 2. The number of aliphatic hydroxyl groups excluding tert-OH is 1. The number of aryl methyl sites for hydroxylation is 1. The zero-order valence-corrected chi connectivity index (χ0v) is 17.8. The molecule has 158 valence electrons. The summed E-state index contributed by atoms with van der Waals surface area (Å²) >= 11 is 1.09. The number of nitriles is 1. The molecule has 7 nitrogen and oxygen atoms in total. The summed E-state index contributed by atoms with van der Waals surface area (Å²) in [5.74, 6) is -1.01. The first kappa shape index (κ1) is 23.2. The van der Waals surface area contributed by atoms with Gasteiger partial charge in [-0.15, -0.1) is 11.3 Å². The lowest BCUT2D eigenvalue weighted by Crippen LogP contribution is -2.24. The Morgan fingerprint density at radius 1 is 1.37 bits per heavy atom. The van der Waals surface area contributed by atoms with E-state index in [0.29, 0.717) is 27.8 Å². The SMILES string of the molecule is CC.Cc1ccc(Nc2c(C(=O)NOCCCO)sc3c(C#N)cncc23)c(F)c1. The molecule has 0 aliphatic rings. The van der Waals surface area contributed by atoms with Crippen LogP contribution in [0.1, 0.15) is 41.1 Å². The van der Waals surface area contributed by atoms with Gasteiger partial charge < -0.3 is 10.4 Å². The van der Waals surface area contributed by atoms with Gasteiger partial charge in [-0.25, -0.2) is 9.87 Å². The Hall–Kier alpha value is -3.06. The molecule has 0 atom stereocenters. The van der Waals surface area contributed by atoms with E-state index in [-0.39, 0.29) is 23.8 Å². The molecule has 0 spiro atoms. The number of rotatable bonds is 7. The van der Waals surface area contributed by atoms with Crippen molar-refractivity contribution in [2.24, 2.45) is 0 Å². The van der Waals surface area contributed by atoms with Gasteiger partial charge in [0.25, 0.3) is 5.91 Å². The fourth-order valence-corrected chi connectivity index (χ4v) is 3.61. The van der Waals surface area contributed by atoms with Crippen molar-refractivity contribution in [1.82, 2.24) is 10.5 Å². The number of nitrogens with zero attached hydrogens (tertiary/aromatic N) is 2. The lowest BCUT2D eigenvalue weighted by Gasteiger charge is -2.10. The number of carbonyl (C=O) groups is 1. The highest BCUT2D eigenvalue weighted by atomic mass is 32.1. The van der Waals surface area contributed by atoms with Gasteiger partial charge in [-0.05, 0) is 31.0 Å². The van der Waals surface area contributed by atoms with Crippen molar-refractivity contribution >= 4 is 38.7 Å². The van der Waals surface area contributed by atoms with Gasteiger partial charge in [-0.1, -0.05) is 19.9 Å². The third-order valence-electron chi connectivity index (χ3n) is 3.88. The number of halogens is 1. The Kier molecular flexibility index (Phi) is 8.68. The maximum Gasteiger partial charge on any atom is 0.287 e. The summed E-state index contributed by atoms with van der Waals surface area (Å²) in [5.41, 5.74) is 3.93. The van der Waals surface area contributed by atoms with E-state index >= 15 is 0 Å². The van der Waals surface area contributed by atoms with E-state index in [1.54, 1.807) is 19.1 Å². The van der Waals surface area contributed by atoms with Crippen LogP contribution in [0.5, 0.6) is 0 Å². The number of amides is 1. The fraction of sp³-hybridized carbons (Fsp3) is 0.286. The van der Waals surface area contributed by atoms with Gasteiger partial charge in [0.05, 0.1) is 28.2 Å². The Morgan fingerprint density at radius 2 is 2.13 bits per heavy atom. The minimum absolute atomic E-state index is 0.0601. The van der Waals surface area contributed by atoms with E-state index in [2.05, 4.69) is 15.8 Å². The Morgan fingerprint density at radius 3 is 2.80 bits per heavy atom. The molecule has 0 radical (unpaired) electrons. The maximum absolute atomic E-state index is 14.3. The van der Waals surface area contributed by atoms with Crippen LogP contribution in [0.15, 0.2) is 30.6 Å². The van der Waals surface area contributed by atoms with Crippen molar-refractivity contribution in [2.45, 2.75) is 27.2 Å². The molecule has 2 aromatic heterocycles. The maximum atomic E-state index is 14.3. The number of benzene rings is 1. The summed E-state index contributed by atoms with van der Waals surface area (Å²) in [7, 11) is 0. The van der Waals surface area contributed by atoms with E-state index in [9.17, 15) is 14.4 Å². The molecule has 0 saturated carbocycles. The average Bonchev–Trinajstić information content (AvgIpc) is 3.13. The third kappa shape index (κ3) is 5.30. The quantitative estimate of drug-likeness (QED) is 0.378. The molecule has 3 rings (SSSR count). The summed E-state index contributed by atoms with van der Waals surface area (Å²) in [6.07, 6.45) is 3.30. The second-order valence-electron chi connectivity index (χ2n) is 5.95. The van der Waals surface area contributed by atoms with E-state index in [1.807, 2.05) is 19.9 Å². The van der Waals surface area contributed by atoms with Crippen LogP contribution in [0, 0.1) is 24.1 Å². The topological polar surface area (TPSA) is 107 Å². The van der Waals surface area contributed by atoms with Crippen LogP contribution in [-0.2, 0) is 4.84 Å². The predicted octanol–water partition coefficient (Wildman–Crippen LogP) is 4.43. The Bertz CT molecular complexity index is 1060. The molecule has 1 amide bonds. The number of hydrogen-bond acceptors (Lipinski definition) is 7. The van der Waals surface area contributed by atoms with Crippen LogP contribution in [-0.4, -0.2) is 29.2 Å². The van der Waals surface area contributed by atoms with Crippen molar-refractivity contribution in [3.8, 4) is 6.07 Å². The highest BCUT2D eigenvalue weighted by Gasteiger charge is 2.22. The first-order valence-corrected chi connectivity index (χ1v) is 10.2. The van der Waals surface area contributed by atoms with Gasteiger partial charge in [0.15, 0.2) is 0 Å². The van der Waals surface area contributed by atoms with E-state index in [0.717, 1.165) is 16.9 Å². The van der Waals surface area contributed by atoms with Crippen LogP contribution in [0.4, 0.5) is 15.8 Å². The van der Waals surface area contributed by atoms with Crippen LogP contribution in [0.25, 0.3) is 10.1 Å². The van der Waals surface area contributed by atoms with Crippen molar-refractivity contribution in [2.75, 3.05) is 18.5 Å². The number of aromatic nitrogens is 1.